The number of carbonyl (C=O) groups excluding carboxylic acids is 1. The van der Waals surface area contributed by atoms with E-state index in [1.165, 1.54) is 0 Å². The van der Waals surface area contributed by atoms with Crippen molar-refractivity contribution < 1.29 is 165 Å². The largest absolute Gasteiger partial charge is 0.412 e. The van der Waals surface area contributed by atoms with Gasteiger partial charge in [0.1, 0.15) is 146 Å². The van der Waals surface area contributed by atoms with Crippen LogP contribution in [0, 0.1) is 0 Å². The van der Waals surface area contributed by atoms with Gasteiger partial charge >= 0.3 is 0 Å². The smallest absolute Gasteiger partial charge is 0.187 e. The molecule has 0 aromatic carbocycles. The van der Waals surface area contributed by atoms with Crippen LogP contribution in [0.15, 0.2) is 0 Å². The zero-order valence-corrected chi connectivity index (χ0v) is 36.0. The molecule has 0 aliphatic carbocycles. The van der Waals surface area contributed by atoms with Gasteiger partial charge in [0.25, 0.3) is 0 Å². The zero-order valence-electron chi connectivity index (χ0n) is 36.0. The fraction of sp³-hybridized carbons (Fsp3) is 0.972. The van der Waals surface area contributed by atoms with E-state index in [2.05, 4.69) is 0 Å². The highest BCUT2D eigenvalue weighted by Crippen LogP contribution is 2.34. The maximum atomic E-state index is 11.0. The van der Waals surface area contributed by atoms with Gasteiger partial charge in [0.05, 0.1) is 39.6 Å². The van der Waals surface area contributed by atoms with Crippen molar-refractivity contribution in [1.82, 2.24) is 0 Å². The Balaban J connectivity index is 0.000000853. The van der Waals surface area contributed by atoms with Gasteiger partial charge < -0.3 is 165 Å². The van der Waals surface area contributed by atoms with E-state index in [1.807, 2.05) is 0 Å². The summed E-state index contributed by atoms with van der Waals surface area (Å²) >= 11 is 0. The minimum Gasteiger partial charge on any atom is -0.412 e. The molecule has 0 aromatic heterocycles. The van der Waals surface area contributed by atoms with Gasteiger partial charge in [0, 0.05) is 0 Å². The van der Waals surface area contributed by atoms with Crippen molar-refractivity contribution in [3.05, 3.63) is 0 Å². The highest BCUT2D eigenvalue weighted by molar-refractivity contribution is 5.56. The number of hydrogen-bond acceptors (Lipinski definition) is 32. The molecule has 5 rings (SSSR count). The van der Waals surface area contributed by atoms with Gasteiger partial charge in [0.15, 0.2) is 37.7 Å². The molecule has 29 unspecified atom stereocenters. The van der Waals surface area contributed by atoms with Crippen LogP contribution in [-0.4, -0.2) is 342 Å². The molecule has 0 aromatic rings. The number of hydrogen-bond donors (Lipinski definition) is 22. The van der Waals surface area contributed by atoms with E-state index in [-0.39, 0.29) is 11.8 Å². The summed E-state index contributed by atoms with van der Waals surface area (Å²) in [6.07, 6.45) is -52.2. The van der Waals surface area contributed by atoms with Gasteiger partial charge in [-0.1, -0.05) is 0 Å². The Bertz CT molecular complexity index is 1470. The third-order valence-corrected chi connectivity index (χ3v) is 11.7. The summed E-state index contributed by atoms with van der Waals surface area (Å²) in [6, 6.07) is 0. The third kappa shape index (κ3) is 14.2. The molecule has 0 bridgehead atoms. The van der Waals surface area contributed by atoms with Crippen LogP contribution in [0.4, 0.5) is 0 Å². The Hall–Kier alpha value is -1.61. The summed E-state index contributed by atoms with van der Waals surface area (Å²) in [5.41, 5.74) is 0. The monoisotopic (exact) mass is 1030 g/mol. The van der Waals surface area contributed by atoms with E-state index >= 15 is 0 Å². The van der Waals surface area contributed by atoms with E-state index in [1.54, 1.807) is 0 Å². The minimum atomic E-state index is -2.06. The Morgan fingerprint density at radius 2 is 0.754 bits per heavy atom. The lowest BCUT2D eigenvalue weighted by Gasteiger charge is -2.48. The molecule has 5 heterocycles. The maximum absolute atomic E-state index is 11.0. The SMILES string of the molecule is O.O=CC(O)C(O)C(O)C(O)CO.OCC1OC(OC2C(CO)OC(OCC3OC(OC4C(CO)OC(OC5C(CO)OC(O)C(O)C5O)C(O)C4O)C(O)C(O)C3O)C(O)C2O)C(O)C(O)C1O. The van der Waals surface area contributed by atoms with Gasteiger partial charge in [-0.3, -0.25) is 0 Å². The summed E-state index contributed by atoms with van der Waals surface area (Å²) in [5, 5.41) is 219. The van der Waals surface area contributed by atoms with E-state index < -0.39 is 218 Å². The lowest BCUT2D eigenvalue weighted by Crippen LogP contribution is -2.66. The van der Waals surface area contributed by atoms with Crippen LogP contribution in [0.25, 0.3) is 0 Å². The number of rotatable bonds is 18. The zero-order chi connectivity index (χ0) is 51.1. The topological polar surface area (TPSA) is 577 Å². The predicted octanol–water partition coefficient (Wildman–Crippen LogP) is -16.1. The maximum Gasteiger partial charge on any atom is 0.187 e. The van der Waals surface area contributed by atoms with Gasteiger partial charge in [-0.2, -0.15) is 0 Å². The number of aliphatic hydroxyl groups excluding tert-OH is 22. The Morgan fingerprint density at radius 1 is 0.406 bits per heavy atom. The standard InChI is InChI=1S/C30H52O26.C6H12O6.H2O/c31-1-6-11(35)13(37)19(43)28(50-6)55-24-8(3-33)51-27(21(45)16(24)40)48-5-10-12(36)14(38)20(44)29(53-10)56-25-9(4-34)52-30(22(46)17(25)41)54-23-7(2-32)49-26(47)18(42)15(23)39;7-1-3(9)5(11)6(12)4(10)2-8;/h6-47H,1-5H2;1,3-6,8-12H,2H2;1H2. The fourth-order valence-corrected chi connectivity index (χ4v) is 7.55. The van der Waals surface area contributed by atoms with E-state index in [0.29, 0.717) is 0 Å². The first-order valence-electron chi connectivity index (χ1n) is 21.0. The van der Waals surface area contributed by atoms with Crippen LogP contribution < -0.4 is 0 Å². The Labute approximate surface area is 389 Å². The first kappa shape index (κ1) is 61.7. The van der Waals surface area contributed by atoms with Gasteiger partial charge in [-0.15, -0.1) is 0 Å². The fourth-order valence-electron chi connectivity index (χ4n) is 7.55. The normalized spacial score (nSPS) is 46.8. The molecule has 0 radical (unpaired) electrons. The second-order valence-corrected chi connectivity index (χ2v) is 16.3. The van der Waals surface area contributed by atoms with Crippen LogP contribution in [0.3, 0.4) is 0 Å². The van der Waals surface area contributed by atoms with Crippen molar-refractivity contribution >= 4 is 6.29 Å². The summed E-state index contributed by atoms with van der Waals surface area (Å²) in [5.74, 6) is 0. The molecule has 33 heteroatoms. The van der Waals surface area contributed by atoms with Crippen LogP contribution in [0.5, 0.6) is 0 Å². The highest BCUT2D eigenvalue weighted by Gasteiger charge is 2.55. The van der Waals surface area contributed by atoms with Crippen molar-refractivity contribution in [3.8, 4) is 0 Å². The van der Waals surface area contributed by atoms with Crippen LogP contribution in [-0.2, 0) is 47.4 Å². The molecule has 5 aliphatic rings. The second-order valence-electron chi connectivity index (χ2n) is 16.3. The van der Waals surface area contributed by atoms with E-state index in [9.17, 15) is 91.6 Å². The molecule has 5 saturated heterocycles. The summed E-state index contributed by atoms with van der Waals surface area (Å²) in [6.45, 7) is -5.03. The van der Waals surface area contributed by atoms with Crippen molar-refractivity contribution in [2.45, 2.75) is 178 Å². The first-order valence-corrected chi connectivity index (χ1v) is 21.0. The second kappa shape index (κ2) is 27.6. The average molecular weight is 1030 g/mol. The van der Waals surface area contributed by atoms with Gasteiger partial charge in [-0.05, 0) is 0 Å². The Kier molecular flexibility index (Phi) is 24.7. The molecular weight excluding hydrogens is 960 g/mol. The number of carbonyl (C=O) groups is 1. The lowest BCUT2D eigenvalue weighted by molar-refractivity contribution is -0.382. The molecule has 33 nitrogen and oxygen atoms in total. The molecule has 0 saturated carbocycles. The Morgan fingerprint density at radius 3 is 1.17 bits per heavy atom. The molecule has 0 spiro atoms. The van der Waals surface area contributed by atoms with Crippen molar-refractivity contribution in [2.75, 3.05) is 39.6 Å². The van der Waals surface area contributed by atoms with E-state index in [0.717, 1.165) is 0 Å². The van der Waals surface area contributed by atoms with E-state index in [4.69, 9.17) is 68.2 Å². The van der Waals surface area contributed by atoms with Gasteiger partial charge in [0.2, 0.25) is 0 Å². The lowest BCUT2D eigenvalue weighted by atomic mass is 9.96. The van der Waals surface area contributed by atoms with Crippen LogP contribution >= 0.6 is 0 Å². The molecule has 29 atom stereocenters. The average Bonchev–Trinajstić information content (AvgIpc) is 3.34. The molecule has 69 heavy (non-hydrogen) atoms. The number of aliphatic hydroxyl groups is 22. The molecule has 0 amide bonds. The molecule has 5 fully saturated rings. The molecule has 408 valence electrons. The summed E-state index contributed by atoms with van der Waals surface area (Å²) in [7, 11) is 0. The molecular formula is C36H66O33. The molecule has 5 aliphatic heterocycles. The van der Waals surface area contributed by atoms with Crippen LogP contribution in [0.1, 0.15) is 0 Å². The summed E-state index contributed by atoms with van der Waals surface area (Å²) in [4.78, 5) is 9.90. The number of aldehydes is 1. The highest BCUT2D eigenvalue weighted by atomic mass is 16.8. The van der Waals surface area contributed by atoms with Crippen molar-refractivity contribution in [3.63, 3.8) is 0 Å². The number of ether oxygens (including phenoxy) is 9. The predicted molar refractivity (Wildman–Crippen MR) is 207 cm³/mol. The minimum absolute atomic E-state index is 0. The summed E-state index contributed by atoms with van der Waals surface area (Å²) < 4.78 is 48.9. The van der Waals surface area contributed by atoms with Crippen molar-refractivity contribution in [2.24, 2.45) is 0 Å². The van der Waals surface area contributed by atoms with Crippen LogP contribution in [0.2, 0.25) is 0 Å². The first-order chi connectivity index (χ1) is 32.0. The quantitative estimate of drug-likeness (QED) is 0.0567. The third-order valence-electron chi connectivity index (χ3n) is 11.7. The molecule has 24 N–H and O–H groups in total. The van der Waals surface area contributed by atoms with Gasteiger partial charge in [-0.25, -0.2) is 0 Å². The van der Waals surface area contributed by atoms with Crippen molar-refractivity contribution in [1.29, 1.82) is 0 Å².